The van der Waals surface area contributed by atoms with Crippen molar-refractivity contribution in [3.8, 4) is 0 Å². The molecule has 1 heterocycles. The molecular formula is C50H62N4O7S. The summed E-state index contributed by atoms with van der Waals surface area (Å²) in [5.41, 5.74) is 6.53. The van der Waals surface area contributed by atoms with Crippen molar-refractivity contribution in [3.05, 3.63) is 117 Å². The van der Waals surface area contributed by atoms with Gasteiger partial charge in [0.25, 0.3) is 11.8 Å². The number of hydrogen-bond donors (Lipinski definition) is 2. The first-order valence-corrected chi connectivity index (χ1v) is 23.1. The van der Waals surface area contributed by atoms with Crippen molar-refractivity contribution in [1.82, 2.24) is 9.80 Å². The molecule has 0 bridgehead atoms. The summed E-state index contributed by atoms with van der Waals surface area (Å²) in [6, 6.07) is 23.3. The molecule has 1 fully saturated rings. The first-order chi connectivity index (χ1) is 30.0. The van der Waals surface area contributed by atoms with E-state index in [0.717, 1.165) is 65.7 Å². The van der Waals surface area contributed by atoms with Crippen molar-refractivity contribution < 1.29 is 33.4 Å². The number of aryl methyl sites for hydroxylation is 3. The van der Waals surface area contributed by atoms with Gasteiger partial charge in [-0.1, -0.05) is 55.7 Å². The Morgan fingerprint density at radius 1 is 0.774 bits per heavy atom. The van der Waals surface area contributed by atoms with Crippen LogP contribution in [0.15, 0.2) is 72.8 Å². The normalized spacial score (nSPS) is 14.4. The molecule has 12 heteroatoms. The van der Waals surface area contributed by atoms with Crippen LogP contribution in [0.5, 0.6) is 0 Å². The average molecular weight is 863 g/mol. The second-order valence-corrected chi connectivity index (χ2v) is 17.7. The van der Waals surface area contributed by atoms with E-state index in [1.54, 1.807) is 31.0 Å². The monoisotopic (exact) mass is 862 g/mol. The Morgan fingerprint density at radius 3 is 2.16 bits per heavy atom. The number of hydrogen-bond acceptors (Lipinski definition) is 9. The van der Waals surface area contributed by atoms with Gasteiger partial charge < -0.3 is 25.0 Å². The second kappa shape index (κ2) is 22.7. The lowest BCUT2D eigenvalue weighted by atomic mass is 9.84. The standard InChI is InChI=1S/C50H62N4O7S/c1-5-61-45(56)29-28-44(55)53(3)30-31-54(34(2)38-13-7-6-8-14-38)33-37-12-11-15-40(32-37)47(57)52-49-46(42-16-9-10-17-43(42)62-49)48(58)51-41-26-22-36(23-27-41)19-18-35-20-24-39(25-21-35)50(59)60-4/h11-12,15,20-27,32,34,38H,5-10,13-14,16-19,28-31,33H2,1-4H3,(H,51,58)(H,52,57)/t34-/m1/s1. The van der Waals surface area contributed by atoms with Crippen molar-refractivity contribution >= 4 is 51.7 Å². The highest BCUT2D eigenvalue weighted by atomic mass is 32.1. The number of esters is 2. The van der Waals surface area contributed by atoms with Crippen molar-refractivity contribution in [2.45, 2.75) is 110 Å². The summed E-state index contributed by atoms with van der Waals surface area (Å²) < 4.78 is 9.81. The number of nitrogens with zero attached hydrogens (tertiary/aromatic N) is 2. The van der Waals surface area contributed by atoms with Crippen LogP contribution in [0.25, 0.3) is 0 Å². The van der Waals surface area contributed by atoms with E-state index >= 15 is 0 Å². The van der Waals surface area contributed by atoms with E-state index < -0.39 is 0 Å². The summed E-state index contributed by atoms with van der Waals surface area (Å²) in [5.74, 6) is -0.740. The summed E-state index contributed by atoms with van der Waals surface area (Å²) in [5, 5.41) is 6.82. The summed E-state index contributed by atoms with van der Waals surface area (Å²) in [7, 11) is 3.16. The van der Waals surface area contributed by atoms with Crippen LogP contribution in [0.2, 0.25) is 0 Å². The predicted octanol–water partition coefficient (Wildman–Crippen LogP) is 9.28. The maximum atomic E-state index is 14.1. The SMILES string of the molecule is CCOC(=O)CCC(=O)N(C)CCN(Cc1cccc(C(=O)Nc2sc3c(c2C(=O)Nc2ccc(CCc4ccc(C(=O)OC)cc4)cc2)CCCC3)c1)[C@H](C)C1CCCCC1. The molecule has 3 aromatic carbocycles. The maximum absolute atomic E-state index is 14.1. The number of benzene rings is 3. The minimum Gasteiger partial charge on any atom is -0.466 e. The Balaban J connectivity index is 1.11. The van der Waals surface area contributed by atoms with Gasteiger partial charge in [0, 0.05) is 55.3 Å². The lowest BCUT2D eigenvalue weighted by Crippen LogP contribution is -2.43. The maximum Gasteiger partial charge on any atom is 0.337 e. The highest BCUT2D eigenvalue weighted by molar-refractivity contribution is 7.17. The molecule has 1 aromatic heterocycles. The number of thiophene rings is 1. The number of fused-ring (bicyclic) bond motifs is 1. The number of likely N-dealkylation sites (N-methyl/N-ethyl adjacent to an activating group) is 1. The number of nitrogens with one attached hydrogen (secondary N) is 2. The van der Waals surface area contributed by atoms with Gasteiger partial charge in [-0.15, -0.1) is 11.3 Å². The molecule has 0 aliphatic heterocycles. The van der Waals surface area contributed by atoms with Crippen LogP contribution < -0.4 is 10.6 Å². The highest BCUT2D eigenvalue weighted by Gasteiger charge is 2.28. The molecule has 2 aliphatic rings. The fraction of sp³-hybridized carbons (Fsp3) is 0.460. The molecule has 0 radical (unpaired) electrons. The van der Waals surface area contributed by atoms with Crippen LogP contribution in [0.1, 0.15) is 130 Å². The molecular weight excluding hydrogens is 801 g/mol. The van der Waals surface area contributed by atoms with Gasteiger partial charge >= 0.3 is 11.9 Å². The number of ether oxygens (including phenoxy) is 2. The fourth-order valence-corrected chi connectivity index (χ4v) is 9.94. The molecule has 2 N–H and O–H groups in total. The van der Waals surface area contributed by atoms with Crippen LogP contribution in [-0.2, 0) is 51.3 Å². The number of carbonyl (C=O) groups excluding carboxylic acids is 5. The smallest absolute Gasteiger partial charge is 0.337 e. The quantitative estimate of drug-likeness (QED) is 0.0892. The Hall–Kier alpha value is -5.33. The fourth-order valence-electron chi connectivity index (χ4n) is 8.65. The Morgan fingerprint density at radius 2 is 1.47 bits per heavy atom. The van der Waals surface area contributed by atoms with Gasteiger partial charge in [-0.25, -0.2) is 4.79 Å². The van der Waals surface area contributed by atoms with Crippen molar-refractivity contribution in [2.75, 3.05) is 44.5 Å². The summed E-state index contributed by atoms with van der Waals surface area (Å²) >= 11 is 1.50. The van der Waals surface area contributed by atoms with Crippen LogP contribution in [0.4, 0.5) is 10.7 Å². The lowest BCUT2D eigenvalue weighted by molar-refractivity contribution is -0.145. The van der Waals surface area contributed by atoms with Gasteiger partial charge in [-0.05, 0) is 130 Å². The Labute approximate surface area is 370 Å². The van der Waals surface area contributed by atoms with Crippen molar-refractivity contribution in [3.63, 3.8) is 0 Å². The van der Waals surface area contributed by atoms with Gasteiger partial charge in [0.15, 0.2) is 0 Å². The number of anilines is 2. The molecule has 62 heavy (non-hydrogen) atoms. The average Bonchev–Trinajstić information content (AvgIpc) is 3.67. The zero-order valence-corrected chi connectivity index (χ0v) is 37.6. The highest BCUT2D eigenvalue weighted by Crippen LogP contribution is 2.39. The minimum absolute atomic E-state index is 0.0721. The first-order valence-electron chi connectivity index (χ1n) is 22.3. The molecule has 330 valence electrons. The van der Waals surface area contributed by atoms with E-state index in [-0.39, 0.29) is 48.5 Å². The van der Waals surface area contributed by atoms with Crippen LogP contribution >= 0.6 is 11.3 Å². The zero-order valence-electron chi connectivity index (χ0n) is 36.8. The lowest BCUT2D eigenvalue weighted by Gasteiger charge is -2.37. The molecule has 6 rings (SSSR count). The second-order valence-electron chi connectivity index (χ2n) is 16.6. The summed E-state index contributed by atoms with van der Waals surface area (Å²) in [4.78, 5) is 69.9. The minimum atomic E-state index is -0.360. The third-order valence-corrected chi connectivity index (χ3v) is 13.6. The number of rotatable bonds is 19. The molecule has 11 nitrogen and oxygen atoms in total. The molecule has 0 saturated heterocycles. The third-order valence-electron chi connectivity index (χ3n) is 12.4. The zero-order chi connectivity index (χ0) is 44.0. The molecule has 2 aliphatic carbocycles. The summed E-state index contributed by atoms with van der Waals surface area (Å²) in [6.07, 6.45) is 11.6. The molecule has 0 spiro atoms. The van der Waals surface area contributed by atoms with Gasteiger partial charge in [0.05, 0.1) is 31.3 Å². The van der Waals surface area contributed by atoms with Crippen LogP contribution in [0, 0.1) is 5.92 Å². The van der Waals surface area contributed by atoms with E-state index in [0.29, 0.717) is 59.5 Å². The topological polar surface area (TPSA) is 134 Å². The number of carbonyl (C=O) groups is 5. The largest absolute Gasteiger partial charge is 0.466 e. The first kappa shape index (κ1) is 46.2. The van der Waals surface area contributed by atoms with Gasteiger partial charge in [-0.2, -0.15) is 0 Å². The van der Waals surface area contributed by atoms with Crippen molar-refractivity contribution in [2.24, 2.45) is 5.92 Å². The van der Waals surface area contributed by atoms with E-state index in [1.165, 1.54) is 50.6 Å². The number of methoxy groups -OCH3 is 1. The van der Waals surface area contributed by atoms with Gasteiger partial charge in [-0.3, -0.25) is 24.1 Å². The van der Waals surface area contributed by atoms with Crippen LogP contribution in [0.3, 0.4) is 0 Å². The molecule has 1 atom stereocenters. The molecule has 1 saturated carbocycles. The molecule has 0 unspecified atom stereocenters. The molecule has 4 aromatic rings. The van der Waals surface area contributed by atoms with E-state index in [1.807, 2.05) is 60.7 Å². The van der Waals surface area contributed by atoms with E-state index in [4.69, 9.17) is 9.47 Å². The van der Waals surface area contributed by atoms with Crippen molar-refractivity contribution in [1.29, 1.82) is 0 Å². The van der Waals surface area contributed by atoms with E-state index in [9.17, 15) is 24.0 Å². The van der Waals surface area contributed by atoms with Crippen LogP contribution in [-0.4, -0.2) is 79.4 Å². The third kappa shape index (κ3) is 12.6. The number of amides is 3. The van der Waals surface area contributed by atoms with Gasteiger partial charge in [0.2, 0.25) is 5.91 Å². The Bertz CT molecular complexity index is 2160. The van der Waals surface area contributed by atoms with E-state index in [2.05, 4.69) is 22.5 Å². The van der Waals surface area contributed by atoms with Gasteiger partial charge in [0.1, 0.15) is 5.00 Å². The summed E-state index contributed by atoms with van der Waals surface area (Å²) in [6.45, 7) is 6.14. The molecule has 3 amide bonds. The Kier molecular flexibility index (Phi) is 16.9. The predicted molar refractivity (Wildman–Crippen MR) is 245 cm³/mol.